The molecule has 2 rings (SSSR count). The first-order valence-corrected chi connectivity index (χ1v) is 6.85. The summed E-state index contributed by atoms with van der Waals surface area (Å²) in [5.41, 5.74) is 5.60. The minimum atomic E-state index is -0.546. The molecule has 0 spiro atoms. The SMILES string of the molecule is NCC(=O)Nc1cc(F)ccc1NC(=O)COc1ccccc1. The number of para-hydroxylation sites is 1. The lowest BCUT2D eigenvalue weighted by atomic mass is 10.2. The summed E-state index contributed by atoms with van der Waals surface area (Å²) in [6.07, 6.45) is 0. The van der Waals surface area contributed by atoms with Gasteiger partial charge in [0, 0.05) is 0 Å². The number of nitrogens with one attached hydrogen (secondary N) is 2. The van der Waals surface area contributed by atoms with E-state index in [1.165, 1.54) is 12.1 Å². The van der Waals surface area contributed by atoms with Gasteiger partial charge in [-0.2, -0.15) is 0 Å². The van der Waals surface area contributed by atoms with Crippen LogP contribution in [-0.2, 0) is 9.59 Å². The number of anilines is 2. The Hall–Kier alpha value is -2.93. The highest BCUT2D eigenvalue weighted by Gasteiger charge is 2.11. The van der Waals surface area contributed by atoms with Crippen LogP contribution in [0.25, 0.3) is 0 Å². The van der Waals surface area contributed by atoms with Crippen LogP contribution in [0, 0.1) is 5.82 Å². The number of carbonyl (C=O) groups excluding carboxylic acids is 2. The van der Waals surface area contributed by atoms with E-state index in [0.717, 1.165) is 6.07 Å². The van der Waals surface area contributed by atoms with Gasteiger partial charge in [-0.1, -0.05) is 18.2 Å². The number of nitrogens with two attached hydrogens (primary N) is 1. The molecule has 120 valence electrons. The summed E-state index contributed by atoms with van der Waals surface area (Å²) in [6.45, 7) is -0.466. The number of hydrogen-bond acceptors (Lipinski definition) is 4. The highest BCUT2D eigenvalue weighted by atomic mass is 19.1. The molecule has 0 saturated carbocycles. The quantitative estimate of drug-likeness (QED) is 0.756. The van der Waals surface area contributed by atoms with Crippen molar-refractivity contribution in [2.45, 2.75) is 0 Å². The Bertz CT molecular complexity index is 692. The first-order valence-electron chi connectivity index (χ1n) is 6.85. The van der Waals surface area contributed by atoms with Crippen LogP contribution in [0.1, 0.15) is 0 Å². The van der Waals surface area contributed by atoms with Crippen molar-refractivity contribution in [2.24, 2.45) is 5.73 Å². The molecule has 0 aliphatic rings. The van der Waals surface area contributed by atoms with E-state index in [9.17, 15) is 14.0 Å². The first-order chi connectivity index (χ1) is 11.1. The molecule has 0 atom stereocenters. The molecule has 7 heteroatoms. The second-order valence-corrected chi connectivity index (χ2v) is 4.59. The number of benzene rings is 2. The summed E-state index contributed by atoms with van der Waals surface area (Å²) in [5.74, 6) is -0.926. The molecular weight excluding hydrogens is 301 g/mol. The molecule has 23 heavy (non-hydrogen) atoms. The van der Waals surface area contributed by atoms with E-state index in [0.29, 0.717) is 5.75 Å². The average Bonchev–Trinajstić information content (AvgIpc) is 2.56. The highest BCUT2D eigenvalue weighted by Crippen LogP contribution is 2.22. The second-order valence-electron chi connectivity index (χ2n) is 4.59. The van der Waals surface area contributed by atoms with Crippen molar-refractivity contribution in [2.75, 3.05) is 23.8 Å². The Morgan fingerprint density at radius 2 is 1.70 bits per heavy atom. The molecule has 2 amide bonds. The topological polar surface area (TPSA) is 93.5 Å². The van der Waals surface area contributed by atoms with Crippen LogP contribution in [0.5, 0.6) is 5.75 Å². The Labute approximate surface area is 132 Å². The van der Waals surface area contributed by atoms with Gasteiger partial charge in [0.2, 0.25) is 5.91 Å². The number of ether oxygens (including phenoxy) is 1. The predicted molar refractivity (Wildman–Crippen MR) is 84.7 cm³/mol. The molecule has 0 fully saturated rings. The van der Waals surface area contributed by atoms with Crippen molar-refractivity contribution in [3.05, 3.63) is 54.3 Å². The van der Waals surface area contributed by atoms with Gasteiger partial charge in [-0.15, -0.1) is 0 Å². The molecular formula is C16H16FN3O3. The van der Waals surface area contributed by atoms with Crippen LogP contribution < -0.4 is 21.1 Å². The molecule has 0 radical (unpaired) electrons. The normalized spacial score (nSPS) is 10.0. The van der Waals surface area contributed by atoms with Crippen LogP contribution in [0.4, 0.5) is 15.8 Å². The van der Waals surface area contributed by atoms with Gasteiger partial charge in [0.05, 0.1) is 17.9 Å². The Kier molecular flexibility index (Phi) is 5.65. The molecule has 0 aromatic heterocycles. The zero-order valence-electron chi connectivity index (χ0n) is 12.2. The minimum Gasteiger partial charge on any atom is -0.484 e. The fraction of sp³-hybridized carbons (Fsp3) is 0.125. The third-order valence-electron chi connectivity index (χ3n) is 2.83. The maximum Gasteiger partial charge on any atom is 0.262 e. The molecule has 6 nitrogen and oxygen atoms in total. The van der Waals surface area contributed by atoms with E-state index in [-0.39, 0.29) is 24.5 Å². The highest BCUT2D eigenvalue weighted by molar-refractivity contribution is 6.00. The fourth-order valence-electron chi connectivity index (χ4n) is 1.78. The Morgan fingerprint density at radius 3 is 2.39 bits per heavy atom. The number of carbonyl (C=O) groups is 2. The zero-order valence-corrected chi connectivity index (χ0v) is 12.2. The molecule has 4 N–H and O–H groups in total. The lowest BCUT2D eigenvalue weighted by molar-refractivity contribution is -0.118. The Morgan fingerprint density at radius 1 is 1.00 bits per heavy atom. The van der Waals surface area contributed by atoms with E-state index in [1.807, 2.05) is 6.07 Å². The maximum atomic E-state index is 13.3. The lowest BCUT2D eigenvalue weighted by Gasteiger charge is -2.12. The number of rotatable bonds is 6. The first kappa shape index (κ1) is 16.4. The van der Waals surface area contributed by atoms with Crippen molar-refractivity contribution in [1.29, 1.82) is 0 Å². The number of halogens is 1. The maximum absolute atomic E-state index is 13.3. The van der Waals surface area contributed by atoms with Gasteiger partial charge in [0.15, 0.2) is 6.61 Å². The van der Waals surface area contributed by atoms with E-state index < -0.39 is 17.6 Å². The van der Waals surface area contributed by atoms with Crippen LogP contribution in [0.3, 0.4) is 0 Å². The van der Waals surface area contributed by atoms with E-state index in [2.05, 4.69) is 10.6 Å². The van der Waals surface area contributed by atoms with Crippen molar-refractivity contribution in [3.8, 4) is 5.75 Å². The van der Waals surface area contributed by atoms with Crippen molar-refractivity contribution in [3.63, 3.8) is 0 Å². The molecule has 0 aliphatic heterocycles. The molecule has 0 saturated heterocycles. The number of hydrogen-bond donors (Lipinski definition) is 3. The molecule has 0 unspecified atom stereocenters. The van der Waals surface area contributed by atoms with Crippen LogP contribution >= 0.6 is 0 Å². The minimum absolute atomic E-state index is 0.133. The van der Waals surface area contributed by atoms with Crippen LogP contribution in [0.2, 0.25) is 0 Å². The van der Waals surface area contributed by atoms with E-state index in [1.54, 1.807) is 24.3 Å². The molecule has 2 aromatic rings. The van der Waals surface area contributed by atoms with Gasteiger partial charge >= 0.3 is 0 Å². The summed E-state index contributed by atoms with van der Waals surface area (Å²) in [4.78, 5) is 23.3. The van der Waals surface area contributed by atoms with Gasteiger partial charge < -0.3 is 21.1 Å². The number of amides is 2. The lowest BCUT2D eigenvalue weighted by Crippen LogP contribution is -2.24. The zero-order chi connectivity index (χ0) is 16.7. The summed E-state index contributed by atoms with van der Waals surface area (Å²) in [6, 6.07) is 12.5. The van der Waals surface area contributed by atoms with Crippen molar-refractivity contribution >= 4 is 23.2 Å². The van der Waals surface area contributed by atoms with Crippen LogP contribution in [0.15, 0.2) is 48.5 Å². The standard InChI is InChI=1S/C16H16FN3O3/c17-11-6-7-13(14(8-11)20-15(21)9-18)19-16(22)10-23-12-4-2-1-3-5-12/h1-8H,9-10,18H2,(H,19,22)(H,20,21). The monoisotopic (exact) mass is 317 g/mol. The van der Waals surface area contributed by atoms with E-state index >= 15 is 0 Å². The predicted octanol–water partition coefficient (Wildman–Crippen LogP) is 1.74. The van der Waals surface area contributed by atoms with Crippen LogP contribution in [-0.4, -0.2) is 25.0 Å². The van der Waals surface area contributed by atoms with E-state index in [4.69, 9.17) is 10.5 Å². The average molecular weight is 317 g/mol. The summed E-state index contributed by atoms with van der Waals surface area (Å²) in [7, 11) is 0. The van der Waals surface area contributed by atoms with Crippen molar-refractivity contribution in [1.82, 2.24) is 0 Å². The van der Waals surface area contributed by atoms with Gasteiger partial charge in [-0.05, 0) is 30.3 Å². The van der Waals surface area contributed by atoms with Gasteiger partial charge in [-0.3, -0.25) is 9.59 Å². The van der Waals surface area contributed by atoms with Gasteiger partial charge in [-0.25, -0.2) is 4.39 Å². The van der Waals surface area contributed by atoms with Gasteiger partial charge in [0.1, 0.15) is 11.6 Å². The summed E-state index contributed by atoms with van der Waals surface area (Å²) >= 11 is 0. The van der Waals surface area contributed by atoms with Crippen molar-refractivity contribution < 1.29 is 18.7 Å². The third-order valence-corrected chi connectivity index (χ3v) is 2.83. The molecule has 0 bridgehead atoms. The second kappa shape index (κ2) is 7.90. The Balaban J connectivity index is 2.01. The third kappa shape index (κ3) is 5.08. The summed E-state index contributed by atoms with van der Waals surface area (Å²) < 4.78 is 18.6. The largest absolute Gasteiger partial charge is 0.484 e. The molecule has 2 aromatic carbocycles. The summed E-state index contributed by atoms with van der Waals surface area (Å²) in [5, 5.41) is 4.97. The fourth-order valence-corrected chi connectivity index (χ4v) is 1.78. The molecule has 0 aliphatic carbocycles. The smallest absolute Gasteiger partial charge is 0.262 e. The van der Waals surface area contributed by atoms with Gasteiger partial charge in [0.25, 0.3) is 5.91 Å². The molecule has 0 heterocycles.